The molecule has 0 saturated heterocycles. The standard InChI is InChI=1S/C22H17BrClN3/c23-16-10-8-15(9-11-16)20-12-13-21(18-5-1-2-6-19(18)24)27(20)14-17-4-3-7-22(25)26-17/h1-13H,14H2,(H2,25,26). The van der Waals surface area contributed by atoms with Crippen LogP contribution in [-0.2, 0) is 6.54 Å². The SMILES string of the molecule is Nc1cccc(Cn2c(-c3ccc(Br)cc3)ccc2-c2ccccc2Cl)n1. The molecule has 2 aromatic heterocycles. The third-order valence-corrected chi connectivity index (χ3v) is 5.28. The minimum atomic E-state index is 0.518. The molecule has 0 saturated carbocycles. The maximum atomic E-state index is 6.48. The minimum Gasteiger partial charge on any atom is -0.384 e. The molecule has 0 radical (unpaired) electrons. The fourth-order valence-corrected chi connectivity index (χ4v) is 3.66. The molecular formula is C22H17BrClN3. The molecule has 0 spiro atoms. The summed E-state index contributed by atoms with van der Waals surface area (Å²) in [6, 6.07) is 26.1. The second kappa shape index (κ2) is 7.59. The highest BCUT2D eigenvalue weighted by Gasteiger charge is 2.15. The van der Waals surface area contributed by atoms with Gasteiger partial charge in [0.05, 0.1) is 17.9 Å². The first kappa shape index (κ1) is 17.8. The average Bonchev–Trinajstić information content (AvgIpc) is 3.06. The largest absolute Gasteiger partial charge is 0.384 e. The number of hydrogen-bond donors (Lipinski definition) is 1. The number of benzene rings is 2. The smallest absolute Gasteiger partial charge is 0.123 e. The Labute approximate surface area is 171 Å². The summed E-state index contributed by atoms with van der Waals surface area (Å²) in [5.41, 5.74) is 11.0. The molecule has 2 heterocycles. The van der Waals surface area contributed by atoms with E-state index in [1.54, 1.807) is 6.07 Å². The maximum absolute atomic E-state index is 6.48. The molecule has 4 rings (SSSR count). The average molecular weight is 439 g/mol. The summed E-state index contributed by atoms with van der Waals surface area (Å²) in [7, 11) is 0. The maximum Gasteiger partial charge on any atom is 0.123 e. The van der Waals surface area contributed by atoms with Crippen LogP contribution in [0.5, 0.6) is 0 Å². The second-order valence-corrected chi connectivity index (χ2v) is 7.55. The van der Waals surface area contributed by atoms with Crippen molar-refractivity contribution in [2.24, 2.45) is 0 Å². The minimum absolute atomic E-state index is 0.518. The van der Waals surface area contributed by atoms with Crippen LogP contribution in [0.1, 0.15) is 5.69 Å². The van der Waals surface area contributed by atoms with Crippen molar-refractivity contribution in [1.29, 1.82) is 0 Å². The Bertz CT molecular complexity index is 1090. The number of nitrogens with two attached hydrogens (primary N) is 1. The number of nitrogens with zero attached hydrogens (tertiary/aromatic N) is 2. The molecule has 0 aliphatic rings. The van der Waals surface area contributed by atoms with Gasteiger partial charge in [0.1, 0.15) is 5.82 Å². The molecule has 0 fully saturated rings. The van der Waals surface area contributed by atoms with Crippen LogP contribution >= 0.6 is 27.5 Å². The van der Waals surface area contributed by atoms with Crippen LogP contribution in [0.15, 0.2) is 83.3 Å². The first-order valence-electron chi connectivity index (χ1n) is 8.53. The third kappa shape index (κ3) is 3.77. The Hall–Kier alpha value is -2.56. The summed E-state index contributed by atoms with van der Waals surface area (Å²) in [6.45, 7) is 0.601. The highest BCUT2D eigenvalue weighted by Crippen LogP contribution is 2.34. The highest BCUT2D eigenvalue weighted by atomic mass is 79.9. The molecule has 5 heteroatoms. The van der Waals surface area contributed by atoms with Crippen LogP contribution in [0.25, 0.3) is 22.5 Å². The van der Waals surface area contributed by atoms with Crippen molar-refractivity contribution in [3.05, 3.63) is 94.1 Å². The number of nitrogen functional groups attached to an aromatic ring is 1. The predicted molar refractivity (Wildman–Crippen MR) is 116 cm³/mol. The van der Waals surface area contributed by atoms with Crippen molar-refractivity contribution in [2.45, 2.75) is 6.54 Å². The normalized spacial score (nSPS) is 10.9. The van der Waals surface area contributed by atoms with Crippen molar-refractivity contribution in [2.75, 3.05) is 5.73 Å². The van der Waals surface area contributed by atoms with Gasteiger partial charge in [-0.3, -0.25) is 0 Å². The van der Waals surface area contributed by atoms with Gasteiger partial charge in [-0.2, -0.15) is 0 Å². The molecule has 0 amide bonds. The van der Waals surface area contributed by atoms with Gasteiger partial charge in [-0.05, 0) is 48.0 Å². The molecule has 3 nitrogen and oxygen atoms in total. The van der Waals surface area contributed by atoms with Gasteiger partial charge >= 0.3 is 0 Å². The molecule has 134 valence electrons. The zero-order valence-corrected chi connectivity index (χ0v) is 16.8. The number of hydrogen-bond acceptors (Lipinski definition) is 2. The summed E-state index contributed by atoms with van der Waals surface area (Å²) >= 11 is 9.98. The lowest BCUT2D eigenvalue weighted by atomic mass is 10.1. The zero-order valence-electron chi connectivity index (χ0n) is 14.4. The van der Waals surface area contributed by atoms with E-state index in [-0.39, 0.29) is 0 Å². The van der Waals surface area contributed by atoms with E-state index in [1.807, 2.05) is 48.5 Å². The number of pyridine rings is 1. The van der Waals surface area contributed by atoms with Crippen LogP contribution in [0, 0.1) is 0 Å². The van der Waals surface area contributed by atoms with Crippen LogP contribution in [0.2, 0.25) is 5.02 Å². The molecule has 27 heavy (non-hydrogen) atoms. The number of anilines is 1. The first-order chi connectivity index (χ1) is 13.1. The molecular weight excluding hydrogens is 422 g/mol. The van der Waals surface area contributed by atoms with Crippen molar-refractivity contribution in [3.63, 3.8) is 0 Å². The molecule has 0 bridgehead atoms. The van der Waals surface area contributed by atoms with Gasteiger partial charge < -0.3 is 10.3 Å². The third-order valence-electron chi connectivity index (χ3n) is 4.42. The Kier molecular flexibility index (Phi) is 5.01. The fourth-order valence-electron chi connectivity index (χ4n) is 3.16. The van der Waals surface area contributed by atoms with Crippen LogP contribution < -0.4 is 5.73 Å². The first-order valence-corrected chi connectivity index (χ1v) is 9.71. The predicted octanol–water partition coefficient (Wildman–Crippen LogP) is 6.26. The van der Waals surface area contributed by atoms with E-state index < -0.39 is 0 Å². The molecule has 0 atom stereocenters. The van der Waals surface area contributed by atoms with E-state index >= 15 is 0 Å². The van der Waals surface area contributed by atoms with Crippen molar-refractivity contribution in [3.8, 4) is 22.5 Å². The second-order valence-electron chi connectivity index (χ2n) is 6.23. The number of halogens is 2. The summed E-state index contributed by atoms with van der Waals surface area (Å²) < 4.78 is 3.28. The van der Waals surface area contributed by atoms with Crippen LogP contribution in [-0.4, -0.2) is 9.55 Å². The lowest BCUT2D eigenvalue weighted by Gasteiger charge is -2.15. The molecule has 0 aliphatic heterocycles. The molecule has 0 aliphatic carbocycles. The lowest BCUT2D eigenvalue weighted by Crippen LogP contribution is -2.06. The van der Waals surface area contributed by atoms with Gasteiger partial charge in [0.25, 0.3) is 0 Å². The van der Waals surface area contributed by atoms with E-state index in [9.17, 15) is 0 Å². The Morgan fingerprint density at radius 3 is 2.33 bits per heavy atom. The quantitative estimate of drug-likeness (QED) is 0.408. The lowest BCUT2D eigenvalue weighted by molar-refractivity contribution is 0.797. The summed E-state index contributed by atoms with van der Waals surface area (Å²) in [6.07, 6.45) is 0. The molecule has 0 unspecified atom stereocenters. The van der Waals surface area contributed by atoms with Crippen molar-refractivity contribution in [1.82, 2.24) is 9.55 Å². The Morgan fingerprint density at radius 1 is 0.852 bits per heavy atom. The fraction of sp³-hybridized carbons (Fsp3) is 0.0455. The van der Waals surface area contributed by atoms with E-state index in [1.165, 1.54) is 0 Å². The van der Waals surface area contributed by atoms with Gasteiger partial charge in [-0.1, -0.05) is 63.9 Å². The molecule has 2 aromatic carbocycles. The van der Waals surface area contributed by atoms with E-state index in [4.69, 9.17) is 17.3 Å². The van der Waals surface area contributed by atoms with E-state index in [2.05, 4.69) is 49.7 Å². The van der Waals surface area contributed by atoms with E-state index in [0.29, 0.717) is 12.4 Å². The van der Waals surface area contributed by atoms with Crippen molar-refractivity contribution < 1.29 is 0 Å². The van der Waals surface area contributed by atoms with E-state index in [0.717, 1.165) is 37.7 Å². The van der Waals surface area contributed by atoms with Gasteiger partial charge in [-0.25, -0.2) is 4.98 Å². The van der Waals surface area contributed by atoms with Crippen LogP contribution in [0.4, 0.5) is 5.82 Å². The number of rotatable bonds is 4. The molecule has 2 N–H and O–H groups in total. The summed E-state index contributed by atoms with van der Waals surface area (Å²) in [5.74, 6) is 0.518. The summed E-state index contributed by atoms with van der Waals surface area (Å²) in [5, 5.41) is 0.722. The number of aromatic nitrogens is 2. The molecule has 4 aromatic rings. The van der Waals surface area contributed by atoms with Gasteiger partial charge in [0.2, 0.25) is 0 Å². The topological polar surface area (TPSA) is 43.8 Å². The Balaban J connectivity index is 1.87. The van der Waals surface area contributed by atoms with Crippen molar-refractivity contribution >= 4 is 33.3 Å². The summed E-state index contributed by atoms with van der Waals surface area (Å²) in [4.78, 5) is 4.47. The highest BCUT2D eigenvalue weighted by molar-refractivity contribution is 9.10. The zero-order chi connectivity index (χ0) is 18.8. The Morgan fingerprint density at radius 2 is 1.59 bits per heavy atom. The van der Waals surface area contributed by atoms with Gasteiger partial charge in [0.15, 0.2) is 0 Å². The van der Waals surface area contributed by atoms with Gasteiger partial charge in [0, 0.05) is 20.8 Å². The van der Waals surface area contributed by atoms with Gasteiger partial charge in [-0.15, -0.1) is 0 Å². The monoisotopic (exact) mass is 437 g/mol. The van der Waals surface area contributed by atoms with Crippen LogP contribution in [0.3, 0.4) is 0 Å².